The minimum absolute atomic E-state index is 0.259. The van der Waals surface area contributed by atoms with Gasteiger partial charge in [0.1, 0.15) is 5.75 Å². The molecule has 1 aromatic carbocycles. The summed E-state index contributed by atoms with van der Waals surface area (Å²) in [6, 6.07) is 9.22. The molecular weight excluding hydrogens is 216 g/mol. The van der Waals surface area contributed by atoms with E-state index in [1.807, 2.05) is 32.0 Å². The van der Waals surface area contributed by atoms with Crippen molar-refractivity contribution in [2.24, 2.45) is 11.0 Å². The molecule has 0 saturated carbocycles. The second kappa shape index (κ2) is 6.68. The summed E-state index contributed by atoms with van der Waals surface area (Å²) in [7, 11) is 0. The van der Waals surface area contributed by atoms with Crippen LogP contribution >= 0.6 is 0 Å². The van der Waals surface area contributed by atoms with E-state index in [9.17, 15) is 4.79 Å². The quantitative estimate of drug-likeness (QED) is 0.627. The molecule has 1 N–H and O–H groups in total. The van der Waals surface area contributed by atoms with Crippen LogP contribution in [0, 0.1) is 5.92 Å². The first-order chi connectivity index (χ1) is 8.09. The molecule has 92 valence electrons. The maximum absolute atomic E-state index is 11.6. The number of nitrogens with zero attached hydrogens (tertiary/aromatic N) is 1. The van der Waals surface area contributed by atoms with Crippen molar-refractivity contribution in [3.05, 3.63) is 30.3 Å². The van der Waals surface area contributed by atoms with E-state index in [2.05, 4.69) is 10.5 Å². The van der Waals surface area contributed by atoms with Crippen LogP contribution in [0.25, 0.3) is 0 Å². The highest BCUT2D eigenvalue weighted by Gasteiger charge is 2.13. The van der Waals surface area contributed by atoms with Crippen LogP contribution in [-0.2, 0) is 4.79 Å². The van der Waals surface area contributed by atoms with Crippen LogP contribution in [0.15, 0.2) is 35.4 Å². The molecule has 4 nitrogen and oxygen atoms in total. The highest BCUT2D eigenvalue weighted by molar-refractivity contribution is 5.81. The van der Waals surface area contributed by atoms with E-state index in [1.54, 1.807) is 25.3 Å². The zero-order chi connectivity index (χ0) is 12.7. The Morgan fingerprint density at radius 2 is 1.94 bits per heavy atom. The van der Waals surface area contributed by atoms with Crippen molar-refractivity contribution in [3.8, 4) is 5.75 Å². The van der Waals surface area contributed by atoms with Gasteiger partial charge in [0.05, 0.1) is 0 Å². The van der Waals surface area contributed by atoms with E-state index in [1.165, 1.54) is 0 Å². The van der Waals surface area contributed by atoms with Crippen molar-refractivity contribution in [1.29, 1.82) is 0 Å². The monoisotopic (exact) mass is 234 g/mol. The van der Waals surface area contributed by atoms with Gasteiger partial charge in [-0.05, 0) is 25.0 Å². The third-order valence-electron chi connectivity index (χ3n) is 1.97. The number of carbonyl (C=O) groups is 1. The SMILES string of the molecule is CC(C)C=NNC(=O)C(C)Oc1ccccc1. The summed E-state index contributed by atoms with van der Waals surface area (Å²) in [5, 5.41) is 3.83. The van der Waals surface area contributed by atoms with Crippen LogP contribution in [0.3, 0.4) is 0 Å². The van der Waals surface area contributed by atoms with Gasteiger partial charge < -0.3 is 4.74 Å². The second-order valence-electron chi connectivity index (χ2n) is 4.07. The van der Waals surface area contributed by atoms with Gasteiger partial charge >= 0.3 is 0 Å². The number of para-hydroxylation sites is 1. The first-order valence-corrected chi connectivity index (χ1v) is 5.64. The molecule has 0 aromatic heterocycles. The van der Waals surface area contributed by atoms with E-state index in [4.69, 9.17) is 4.74 Å². The molecule has 17 heavy (non-hydrogen) atoms. The van der Waals surface area contributed by atoms with Crippen LogP contribution in [0.4, 0.5) is 0 Å². The van der Waals surface area contributed by atoms with Crippen molar-refractivity contribution in [2.45, 2.75) is 26.9 Å². The summed E-state index contributed by atoms with van der Waals surface area (Å²) in [5.41, 5.74) is 2.44. The lowest BCUT2D eigenvalue weighted by Crippen LogP contribution is -2.33. The van der Waals surface area contributed by atoms with Crippen molar-refractivity contribution < 1.29 is 9.53 Å². The minimum atomic E-state index is -0.568. The van der Waals surface area contributed by atoms with E-state index < -0.39 is 6.10 Å². The maximum Gasteiger partial charge on any atom is 0.280 e. The molecule has 1 rings (SSSR count). The van der Waals surface area contributed by atoms with E-state index in [0.29, 0.717) is 11.7 Å². The van der Waals surface area contributed by atoms with Gasteiger partial charge in [0.15, 0.2) is 6.10 Å². The summed E-state index contributed by atoms with van der Waals surface area (Å²) in [5.74, 6) is 0.717. The lowest BCUT2D eigenvalue weighted by atomic mass is 10.3. The molecular formula is C13H18N2O2. The third-order valence-corrected chi connectivity index (χ3v) is 1.97. The standard InChI is InChI=1S/C13H18N2O2/c1-10(2)9-14-15-13(16)11(3)17-12-7-5-4-6-8-12/h4-11H,1-3H3,(H,15,16). The Kier molecular flexibility index (Phi) is 5.20. The van der Waals surface area contributed by atoms with E-state index in [-0.39, 0.29) is 5.91 Å². The van der Waals surface area contributed by atoms with Crippen molar-refractivity contribution >= 4 is 12.1 Å². The number of hydrogen-bond donors (Lipinski definition) is 1. The molecule has 1 atom stereocenters. The smallest absolute Gasteiger partial charge is 0.280 e. The first kappa shape index (κ1) is 13.2. The van der Waals surface area contributed by atoms with E-state index >= 15 is 0 Å². The maximum atomic E-state index is 11.6. The number of benzene rings is 1. The lowest BCUT2D eigenvalue weighted by molar-refractivity contribution is -0.127. The number of rotatable bonds is 5. The summed E-state index contributed by atoms with van der Waals surface area (Å²) >= 11 is 0. The Hall–Kier alpha value is -1.84. The van der Waals surface area contributed by atoms with Gasteiger partial charge in [-0.25, -0.2) is 5.43 Å². The molecule has 4 heteroatoms. The van der Waals surface area contributed by atoms with Crippen LogP contribution in [0.1, 0.15) is 20.8 Å². The average Bonchev–Trinajstić information content (AvgIpc) is 2.29. The molecule has 0 radical (unpaired) electrons. The molecule has 1 unspecified atom stereocenters. The number of amides is 1. The van der Waals surface area contributed by atoms with E-state index in [0.717, 1.165) is 0 Å². The Bertz CT molecular complexity index is 374. The van der Waals surface area contributed by atoms with Crippen molar-refractivity contribution in [1.82, 2.24) is 5.43 Å². The van der Waals surface area contributed by atoms with Crippen LogP contribution in [-0.4, -0.2) is 18.2 Å². The minimum Gasteiger partial charge on any atom is -0.481 e. The number of ether oxygens (including phenoxy) is 1. The summed E-state index contributed by atoms with van der Waals surface area (Å²) in [6.07, 6.45) is 1.11. The number of carbonyl (C=O) groups excluding carboxylic acids is 1. The van der Waals surface area contributed by atoms with Gasteiger partial charge in [-0.15, -0.1) is 0 Å². The fraction of sp³-hybridized carbons (Fsp3) is 0.385. The molecule has 0 aliphatic rings. The second-order valence-corrected chi connectivity index (χ2v) is 4.07. The third kappa shape index (κ3) is 5.15. The normalized spacial score (nSPS) is 12.7. The topological polar surface area (TPSA) is 50.7 Å². The predicted octanol–water partition coefficient (Wildman–Crippen LogP) is 2.21. The molecule has 0 aliphatic carbocycles. The highest BCUT2D eigenvalue weighted by atomic mass is 16.5. The molecule has 1 amide bonds. The van der Waals surface area contributed by atoms with Crippen molar-refractivity contribution in [2.75, 3.05) is 0 Å². The fourth-order valence-corrected chi connectivity index (χ4v) is 1.10. The zero-order valence-electron chi connectivity index (χ0n) is 10.4. The molecule has 0 aliphatic heterocycles. The summed E-state index contributed by atoms with van der Waals surface area (Å²) in [6.45, 7) is 5.66. The summed E-state index contributed by atoms with van der Waals surface area (Å²) in [4.78, 5) is 11.6. The Morgan fingerprint density at radius 1 is 1.29 bits per heavy atom. The number of hydrogen-bond acceptors (Lipinski definition) is 3. The molecule has 0 heterocycles. The van der Waals surface area contributed by atoms with Crippen LogP contribution in [0.2, 0.25) is 0 Å². The molecule has 0 fully saturated rings. The molecule has 0 bridgehead atoms. The van der Waals surface area contributed by atoms with Crippen molar-refractivity contribution in [3.63, 3.8) is 0 Å². The zero-order valence-corrected chi connectivity index (χ0v) is 10.4. The molecule has 1 aromatic rings. The van der Waals surface area contributed by atoms with Gasteiger partial charge in [0, 0.05) is 6.21 Å². The lowest BCUT2D eigenvalue weighted by Gasteiger charge is -2.12. The predicted molar refractivity (Wildman–Crippen MR) is 68.0 cm³/mol. The van der Waals surface area contributed by atoms with Gasteiger partial charge in [-0.1, -0.05) is 32.0 Å². The van der Waals surface area contributed by atoms with Gasteiger partial charge in [0.25, 0.3) is 5.91 Å². The average molecular weight is 234 g/mol. The van der Waals surface area contributed by atoms with Crippen LogP contribution in [0.5, 0.6) is 5.75 Å². The number of hydrazone groups is 1. The largest absolute Gasteiger partial charge is 0.481 e. The first-order valence-electron chi connectivity index (χ1n) is 5.64. The van der Waals surface area contributed by atoms with Gasteiger partial charge in [-0.3, -0.25) is 4.79 Å². The number of nitrogens with one attached hydrogen (secondary N) is 1. The summed E-state index contributed by atoms with van der Waals surface area (Å²) < 4.78 is 5.45. The Labute approximate surface area is 102 Å². The molecule has 0 spiro atoms. The van der Waals surface area contributed by atoms with Gasteiger partial charge in [-0.2, -0.15) is 5.10 Å². The van der Waals surface area contributed by atoms with Crippen LogP contribution < -0.4 is 10.2 Å². The van der Waals surface area contributed by atoms with Gasteiger partial charge in [0.2, 0.25) is 0 Å². The highest BCUT2D eigenvalue weighted by Crippen LogP contribution is 2.10. The Morgan fingerprint density at radius 3 is 2.53 bits per heavy atom. The fourth-order valence-electron chi connectivity index (χ4n) is 1.10. The molecule has 0 saturated heterocycles. The Balaban J connectivity index is 2.42.